The molecule has 0 aromatic heterocycles. The Morgan fingerprint density at radius 2 is 2.31 bits per heavy atom. The first kappa shape index (κ1) is 10.6. The van der Waals surface area contributed by atoms with E-state index in [2.05, 4.69) is 15.6 Å². The number of hydrogen-bond donors (Lipinski definition) is 2. The Balaban J connectivity index is 2.60. The summed E-state index contributed by atoms with van der Waals surface area (Å²) in [6, 6.07) is 0. The molecule has 9 nitrogen and oxygen atoms in total. The SMILES string of the molecule is O=[N+]([O-])C1=C2NON=C2C=CC1S(=O)(=O)O. The molecule has 0 fully saturated rings. The number of nitro groups is 1. The highest BCUT2D eigenvalue weighted by molar-refractivity contribution is 7.86. The summed E-state index contributed by atoms with van der Waals surface area (Å²) < 4.78 is 30.7. The molecule has 2 aliphatic rings. The van der Waals surface area contributed by atoms with Gasteiger partial charge in [-0.2, -0.15) is 13.9 Å². The molecule has 86 valence electrons. The van der Waals surface area contributed by atoms with Crippen LogP contribution >= 0.6 is 0 Å². The number of nitrogens with zero attached hydrogens (tertiary/aromatic N) is 2. The van der Waals surface area contributed by atoms with Crippen LogP contribution in [0.15, 0.2) is 28.7 Å². The van der Waals surface area contributed by atoms with E-state index in [1.54, 1.807) is 0 Å². The third-order valence-corrected chi connectivity index (χ3v) is 3.04. The smallest absolute Gasteiger partial charge is 0.285 e. The molecule has 10 heteroatoms. The van der Waals surface area contributed by atoms with Crippen LogP contribution in [0.1, 0.15) is 0 Å². The van der Waals surface area contributed by atoms with Gasteiger partial charge in [-0.15, -0.1) is 0 Å². The second kappa shape index (κ2) is 3.28. The largest absolute Gasteiger partial charge is 0.299 e. The summed E-state index contributed by atoms with van der Waals surface area (Å²) in [5.74, 6) is 0. The second-order valence-electron chi connectivity index (χ2n) is 2.98. The van der Waals surface area contributed by atoms with E-state index < -0.39 is 26.0 Å². The maximum Gasteiger partial charge on any atom is 0.299 e. The summed E-state index contributed by atoms with van der Waals surface area (Å²) in [6.45, 7) is 0. The first-order valence-electron chi connectivity index (χ1n) is 3.94. The van der Waals surface area contributed by atoms with Crippen molar-refractivity contribution in [2.24, 2.45) is 5.16 Å². The van der Waals surface area contributed by atoms with Crippen molar-refractivity contribution in [1.29, 1.82) is 0 Å². The molecule has 1 aliphatic heterocycles. The van der Waals surface area contributed by atoms with E-state index in [1.807, 2.05) is 0 Å². The van der Waals surface area contributed by atoms with Gasteiger partial charge in [-0.1, -0.05) is 11.2 Å². The van der Waals surface area contributed by atoms with Gasteiger partial charge in [0, 0.05) is 0 Å². The van der Waals surface area contributed by atoms with Crippen LogP contribution in [-0.2, 0) is 15.1 Å². The predicted molar refractivity (Wildman–Crippen MR) is 50.2 cm³/mol. The quantitative estimate of drug-likeness (QED) is 0.370. The van der Waals surface area contributed by atoms with E-state index in [1.165, 1.54) is 6.08 Å². The van der Waals surface area contributed by atoms with Crippen molar-refractivity contribution in [3.05, 3.63) is 33.7 Å². The summed E-state index contributed by atoms with van der Waals surface area (Å²) in [7, 11) is -4.60. The summed E-state index contributed by atoms with van der Waals surface area (Å²) >= 11 is 0. The van der Waals surface area contributed by atoms with Crippen molar-refractivity contribution in [3.63, 3.8) is 0 Å². The van der Waals surface area contributed by atoms with Gasteiger partial charge in [0.05, 0.1) is 4.92 Å². The maximum absolute atomic E-state index is 10.9. The summed E-state index contributed by atoms with van der Waals surface area (Å²) in [6.07, 6.45) is 2.17. The molecule has 0 saturated carbocycles. The van der Waals surface area contributed by atoms with Gasteiger partial charge in [-0.3, -0.25) is 19.6 Å². The molecule has 1 heterocycles. The van der Waals surface area contributed by atoms with Crippen LogP contribution in [-0.4, -0.2) is 28.9 Å². The average molecular weight is 247 g/mol. The van der Waals surface area contributed by atoms with Gasteiger partial charge in [0.2, 0.25) is 0 Å². The fraction of sp³-hybridized carbons (Fsp3) is 0.167. The number of rotatable bonds is 2. The number of nitrogens with one attached hydrogen (secondary N) is 1. The van der Waals surface area contributed by atoms with Gasteiger partial charge in [-0.25, -0.2) is 0 Å². The molecule has 1 atom stereocenters. The average Bonchev–Trinajstić information content (AvgIpc) is 2.61. The third kappa shape index (κ3) is 1.53. The van der Waals surface area contributed by atoms with Crippen LogP contribution in [0.25, 0.3) is 0 Å². The van der Waals surface area contributed by atoms with Crippen molar-refractivity contribution in [2.75, 3.05) is 0 Å². The Bertz CT molecular complexity index is 545. The van der Waals surface area contributed by atoms with E-state index in [0.29, 0.717) is 0 Å². The lowest BCUT2D eigenvalue weighted by Gasteiger charge is -2.12. The van der Waals surface area contributed by atoms with Crippen LogP contribution in [0.4, 0.5) is 0 Å². The highest BCUT2D eigenvalue weighted by Gasteiger charge is 2.42. The second-order valence-corrected chi connectivity index (χ2v) is 4.52. The van der Waals surface area contributed by atoms with Gasteiger partial charge < -0.3 is 0 Å². The standard InChI is InChI=1S/C6H5N3O6S/c10-9(11)6-4(16(12,13)14)2-1-3-5(6)8-15-7-3/h1-2,4,8H,(H,12,13,14). The third-order valence-electron chi connectivity index (χ3n) is 2.02. The summed E-state index contributed by atoms with van der Waals surface area (Å²) in [4.78, 5) is 14.2. The predicted octanol–water partition coefficient (Wildman–Crippen LogP) is -0.808. The normalized spacial score (nSPS) is 23.3. The van der Waals surface area contributed by atoms with E-state index in [-0.39, 0.29) is 11.4 Å². The zero-order valence-corrected chi connectivity index (χ0v) is 8.34. The van der Waals surface area contributed by atoms with Gasteiger partial charge in [0.15, 0.2) is 10.9 Å². The Morgan fingerprint density at radius 1 is 1.62 bits per heavy atom. The molecule has 0 bridgehead atoms. The molecule has 1 unspecified atom stereocenters. The number of allylic oxidation sites excluding steroid dienone is 1. The van der Waals surface area contributed by atoms with E-state index in [4.69, 9.17) is 4.55 Å². The fourth-order valence-corrected chi connectivity index (χ4v) is 2.12. The highest BCUT2D eigenvalue weighted by atomic mass is 32.2. The van der Waals surface area contributed by atoms with Crippen molar-refractivity contribution in [2.45, 2.75) is 5.25 Å². The van der Waals surface area contributed by atoms with Gasteiger partial charge in [-0.05, 0) is 6.08 Å². The minimum Gasteiger partial charge on any atom is -0.285 e. The van der Waals surface area contributed by atoms with E-state index in [9.17, 15) is 18.5 Å². The summed E-state index contributed by atoms with van der Waals surface area (Å²) in [5, 5.41) is 12.4. The number of oxime groups is 1. The minimum absolute atomic E-state index is 0.103. The van der Waals surface area contributed by atoms with Crippen molar-refractivity contribution >= 4 is 15.8 Å². The topological polar surface area (TPSA) is 131 Å². The van der Waals surface area contributed by atoms with Crippen molar-refractivity contribution < 1.29 is 22.8 Å². The monoisotopic (exact) mass is 247 g/mol. The molecular formula is C6H5N3O6S. The van der Waals surface area contributed by atoms with Crippen LogP contribution < -0.4 is 5.48 Å². The molecule has 0 aromatic rings. The molecule has 0 spiro atoms. The molecule has 1 aliphatic carbocycles. The number of fused-ring (bicyclic) bond motifs is 1. The van der Waals surface area contributed by atoms with Gasteiger partial charge in [0.25, 0.3) is 15.8 Å². The molecule has 0 amide bonds. The lowest BCUT2D eigenvalue weighted by atomic mass is 10.1. The molecule has 2 N–H and O–H groups in total. The molecule has 0 radical (unpaired) electrons. The maximum atomic E-state index is 10.9. The zero-order valence-electron chi connectivity index (χ0n) is 7.52. The molecule has 0 saturated heterocycles. The van der Waals surface area contributed by atoms with Crippen LogP contribution in [0.5, 0.6) is 0 Å². The number of hydroxylamine groups is 1. The highest BCUT2D eigenvalue weighted by Crippen LogP contribution is 2.24. The Hall–Kier alpha value is -1.94. The van der Waals surface area contributed by atoms with Crippen LogP contribution in [0.3, 0.4) is 0 Å². The Morgan fingerprint density at radius 3 is 2.88 bits per heavy atom. The summed E-state index contributed by atoms with van der Waals surface area (Å²) in [5.41, 5.74) is 1.31. The molecular weight excluding hydrogens is 242 g/mol. The Labute approximate surface area is 88.9 Å². The molecule has 0 aromatic carbocycles. The first-order chi connectivity index (χ1) is 7.41. The van der Waals surface area contributed by atoms with Crippen LogP contribution in [0.2, 0.25) is 0 Å². The van der Waals surface area contributed by atoms with Gasteiger partial charge in [0.1, 0.15) is 5.71 Å². The lowest BCUT2D eigenvalue weighted by Crippen LogP contribution is -2.32. The van der Waals surface area contributed by atoms with E-state index >= 15 is 0 Å². The number of hydrogen-bond acceptors (Lipinski definition) is 7. The zero-order chi connectivity index (χ0) is 11.9. The molecule has 2 rings (SSSR count). The van der Waals surface area contributed by atoms with Crippen LogP contribution in [0, 0.1) is 10.1 Å². The minimum atomic E-state index is -4.60. The van der Waals surface area contributed by atoms with E-state index in [0.717, 1.165) is 6.08 Å². The van der Waals surface area contributed by atoms with Gasteiger partial charge >= 0.3 is 0 Å². The first-order valence-corrected chi connectivity index (χ1v) is 5.45. The fourth-order valence-electron chi connectivity index (χ4n) is 1.36. The Kier molecular flexibility index (Phi) is 2.17. The molecule has 16 heavy (non-hydrogen) atoms. The van der Waals surface area contributed by atoms with Crippen molar-refractivity contribution in [3.8, 4) is 0 Å². The lowest BCUT2D eigenvalue weighted by molar-refractivity contribution is -0.427. The van der Waals surface area contributed by atoms with Crippen molar-refractivity contribution in [1.82, 2.24) is 5.48 Å².